The number of aryl methyl sites for hydroxylation is 1. The van der Waals surface area contributed by atoms with Crippen LogP contribution in [0.15, 0.2) is 48.5 Å². The van der Waals surface area contributed by atoms with Crippen molar-refractivity contribution in [3.63, 3.8) is 0 Å². The number of carbonyl (C=O) groups is 1. The zero-order valence-electron chi connectivity index (χ0n) is 18.1. The lowest BCUT2D eigenvalue weighted by Gasteiger charge is -2.30. The third-order valence-corrected chi connectivity index (χ3v) is 6.25. The summed E-state index contributed by atoms with van der Waals surface area (Å²) in [6.45, 7) is 0.0650. The molecule has 0 saturated carbocycles. The molecule has 5 rings (SSSR count). The summed E-state index contributed by atoms with van der Waals surface area (Å²) in [6, 6.07) is 13.9. The lowest BCUT2D eigenvalue weighted by Crippen LogP contribution is -2.45. The smallest absolute Gasteiger partial charge is 0.337 e. The number of amides is 1. The summed E-state index contributed by atoms with van der Waals surface area (Å²) < 4.78 is 43.2. The number of alkyl halides is 3. The van der Waals surface area contributed by atoms with Crippen LogP contribution in [0.5, 0.6) is 0 Å². The highest BCUT2D eigenvalue weighted by atomic mass is 19.4. The van der Waals surface area contributed by atoms with Crippen molar-refractivity contribution in [2.75, 3.05) is 13.1 Å². The zero-order valence-corrected chi connectivity index (χ0v) is 18.1. The molecule has 172 valence electrons. The number of aromatic nitrogens is 3. The maximum atomic E-state index is 13.4. The van der Waals surface area contributed by atoms with Crippen LogP contribution < -0.4 is 5.73 Å². The SMILES string of the molecule is Cn1c(-c2cc3ccccc3n2CC(F)(F)F)nc2cc(C(=O)N3CCCC(N)C3)ccc21. The number of nitrogens with two attached hydrogens (primary N) is 1. The quantitative estimate of drug-likeness (QED) is 0.500. The Bertz CT molecular complexity index is 1350. The van der Waals surface area contributed by atoms with Crippen molar-refractivity contribution in [2.24, 2.45) is 12.8 Å². The van der Waals surface area contributed by atoms with Gasteiger partial charge in [0, 0.05) is 42.6 Å². The summed E-state index contributed by atoms with van der Waals surface area (Å²) in [5.41, 5.74) is 8.68. The Morgan fingerprint density at radius 2 is 1.94 bits per heavy atom. The molecule has 33 heavy (non-hydrogen) atoms. The second-order valence-electron chi connectivity index (χ2n) is 8.64. The molecule has 1 atom stereocenters. The van der Waals surface area contributed by atoms with E-state index in [9.17, 15) is 18.0 Å². The van der Waals surface area contributed by atoms with Gasteiger partial charge in [0.1, 0.15) is 6.54 Å². The summed E-state index contributed by atoms with van der Waals surface area (Å²) in [6.07, 6.45) is -2.61. The van der Waals surface area contributed by atoms with Crippen LogP contribution in [0, 0.1) is 0 Å². The molecule has 1 unspecified atom stereocenters. The van der Waals surface area contributed by atoms with E-state index in [4.69, 9.17) is 5.73 Å². The lowest BCUT2D eigenvalue weighted by molar-refractivity contribution is -0.139. The molecule has 0 radical (unpaired) electrons. The molecular formula is C24H24F3N5O. The van der Waals surface area contributed by atoms with Crippen molar-refractivity contribution in [1.82, 2.24) is 19.0 Å². The largest absolute Gasteiger partial charge is 0.406 e. The number of benzene rings is 2. The monoisotopic (exact) mass is 455 g/mol. The van der Waals surface area contributed by atoms with Gasteiger partial charge in [0.15, 0.2) is 5.82 Å². The van der Waals surface area contributed by atoms with E-state index in [0.29, 0.717) is 46.6 Å². The molecule has 4 aromatic rings. The molecule has 0 spiro atoms. The molecule has 3 heterocycles. The third-order valence-electron chi connectivity index (χ3n) is 6.25. The van der Waals surface area contributed by atoms with Crippen LogP contribution in [-0.2, 0) is 13.6 Å². The van der Waals surface area contributed by atoms with Gasteiger partial charge in [-0.05, 0) is 43.2 Å². The fourth-order valence-corrected chi connectivity index (χ4v) is 4.68. The number of piperidine rings is 1. The Morgan fingerprint density at radius 1 is 1.15 bits per heavy atom. The van der Waals surface area contributed by atoms with Gasteiger partial charge in [-0.15, -0.1) is 0 Å². The van der Waals surface area contributed by atoms with Gasteiger partial charge in [-0.1, -0.05) is 18.2 Å². The Kier molecular flexibility index (Phi) is 5.16. The molecule has 0 bridgehead atoms. The molecule has 1 amide bonds. The molecule has 1 fully saturated rings. The minimum Gasteiger partial charge on any atom is -0.337 e. The number of carbonyl (C=O) groups excluding carboxylic acids is 1. The number of halogens is 3. The van der Waals surface area contributed by atoms with Crippen molar-refractivity contribution in [3.05, 3.63) is 54.1 Å². The van der Waals surface area contributed by atoms with E-state index >= 15 is 0 Å². The van der Waals surface area contributed by atoms with E-state index < -0.39 is 12.7 Å². The summed E-state index contributed by atoms with van der Waals surface area (Å²) in [5, 5.41) is 0.709. The highest BCUT2D eigenvalue weighted by Gasteiger charge is 2.31. The summed E-state index contributed by atoms with van der Waals surface area (Å²) >= 11 is 0. The predicted molar refractivity (Wildman–Crippen MR) is 121 cm³/mol. The average Bonchev–Trinajstić information content (AvgIpc) is 3.29. The highest BCUT2D eigenvalue weighted by molar-refractivity contribution is 5.98. The van der Waals surface area contributed by atoms with Gasteiger partial charge in [0.05, 0.1) is 16.7 Å². The van der Waals surface area contributed by atoms with E-state index in [1.807, 2.05) is 0 Å². The molecule has 1 saturated heterocycles. The highest BCUT2D eigenvalue weighted by Crippen LogP contribution is 2.33. The van der Waals surface area contributed by atoms with Gasteiger partial charge >= 0.3 is 6.18 Å². The van der Waals surface area contributed by atoms with Gasteiger partial charge in [0.25, 0.3) is 5.91 Å². The topological polar surface area (TPSA) is 69.1 Å². The first-order chi connectivity index (χ1) is 15.7. The number of fused-ring (bicyclic) bond motifs is 2. The predicted octanol–water partition coefficient (Wildman–Crippen LogP) is 4.32. The molecule has 2 N–H and O–H groups in total. The van der Waals surface area contributed by atoms with Crippen LogP contribution in [0.4, 0.5) is 13.2 Å². The second kappa shape index (κ2) is 7.91. The number of hydrogen-bond donors (Lipinski definition) is 1. The summed E-state index contributed by atoms with van der Waals surface area (Å²) in [7, 11) is 1.77. The van der Waals surface area contributed by atoms with Crippen molar-refractivity contribution in [2.45, 2.75) is 31.6 Å². The molecule has 1 aliphatic rings. The van der Waals surface area contributed by atoms with Gasteiger partial charge in [-0.2, -0.15) is 13.2 Å². The van der Waals surface area contributed by atoms with Crippen LogP contribution in [0.3, 0.4) is 0 Å². The van der Waals surface area contributed by atoms with Gasteiger partial charge in [-0.3, -0.25) is 4.79 Å². The normalized spacial score (nSPS) is 17.2. The van der Waals surface area contributed by atoms with Crippen molar-refractivity contribution >= 4 is 27.8 Å². The van der Waals surface area contributed by atoms with Gasteiger partial charge in [0.2, 0.25) is 0 Å². The summed E-state index contributed by atoms with van der Waals surface area (Å²) in [4.78, 5) is 19.4. The average molecular weight is 455 g/mol. The third kappa shape index (κ3) is 3.97. The van der Waals surface area contributed by atoms with Gasteiger partial charge in [-0.25, -0.2) is 4.98 Å². The molecule has 6 nitrogen and oxygen atoms in total. The number of rotatable bonds is 3. The van der Waals surface area contributed by atoms with E-state index in [1.54, 1.807) is 65.0 Å². The number of hydrogen-bond acceptors (Lipinski definition) is 3. The Labute approximate surface area is 188 Å². The van der Waals surface area contributed by atoms with E-state index in [0.717, 1.165) is 18.4 Å². The van der Waals surface area contributed by atoms with Crippen LogP contribution in [0.1, 0.15) is 23.2 Å². The molecule has 2 aromatic heterocycles. The Morgan fingerprint density at radius 3 is 2.70 bits per heavy atom. The maximum absolute atomic E-state index is 13.4. The molecule has 2 aromatic carbocycles. The fraction of sp³-hybridized carbons (Fsp3) is 0.333. The molecule has 1 aliphatic heterocycles. The van der Waals surface area contributed by atoms with Crippen molar-refractivity contribution in [3.8, 4) is 11.5 Å². The van der Waals surface area contributed by atoms with Crippen molar-refractivity contribution < 1.29 is 18.0 Å². The minimum absolute atomic E-state index is 0.0246. The second-order valence-corrected chi connectivity index (χ2v) is 8.64. The molecular weight excluding hydrogens is 431 g/mol. The van der Waals surface area contributed by atoms with Gasteiger partial charge < -0.3 is 19.8 Å². The zero-order chi connectivity index (χ0) is 23.3. The first kappa shape index (κ1) is 21.5. The van der Waals surface area contributed by atoms with Crippen LogP contribution in [0.25, 0.3) is 33.5 Å². The molecule has 9 heteroatoms. The first-order valence-electron chi connectivity index (χ1n) is 10.9. The maximum Gasteiger partial charge on any atom is 0.406 e. The van der Waals surface area contributed by atoms with E-state index in [1.165, 1.54) is 4.57 Å². The van der Waals surface area contributed by atoms with Crippen molar-refractivity contribution in [1.29, 1.82) is 0 Å². The van der Waals surface area contributed by atoms with E-state index in [-0.39, 0.29) is 11.9 Å². The molecule has 0 aliphatic carbocycles. The standard InChI is InChI=1S/C24H24F3N5O/c1-30-20-9-8-16(23(33)31-10-4-6-17(28)13-31)11-18(20)29-22(30)21-12-15-5-2-3-7-19(15)32(21)14-24(25,26)27/h2-3,5,7-9,11-12,17H,4,6,10,13-14,28H2,1H3. The van der Waals surface area contributed by atoms with Crippen LogP contribution >= 0.6 is 0 Å². The number of likely N-dealkylation sites (tertiary alicyclic amines) is 1. The summed E-state index contributed by atoms with van der Waals surface area (Å²) in [5.74, 6) is 0.306. The lowest BCUT2D eigenvalue weighted by atomic mass is 10.1. The van der Waals surface area contributed by atoms with E-state index in [2.05, 4.69) is 4.98 Å². The van der Waals surface area contributed by atoms with Crippen LogP contribution in [-0.4, -0.2) is 50.2 Å². The first-order valence-corrected chi connectivity index (χ1v) is 10.9. The Hall–Kier alpha value is -3.33. The minimum atomic E-state index is -4.38. The number of para-hydroxylation sites is 1. The Balaban J connectivity index is 1.59. The fourth-order valence-electron chi connectivity index (χ4n) is 4.68. The number of nitrogens with zero attached hydrogens (tertiary/aromatic N) is 4. The van der Waals surface area contributed by atoms with Crippen LogP contribution in [0.2, 0.25) is 0 Å². The number of imidazole rings is 1.